The van der Waals surface area contributed by atoms with Crippen LogP contribution < -0.4 is 10.6 Å². The van der Waals surface area contributed by atoms with E-state index >= 15 is 0 Å². The van der Waals surface area contributed by atoms with Gasteiger partial charge >= 0.3 is 0 Å². The Morgan fingerprint density at radius 1 is 1.00 bits per heavy atom. The number of aromatic amines is 1. The lowest BCUT2D eigenvalue weighted by Crippen LogP contribution is -2.39. The Balaban J connectivity index is 1.16. The maximum atomic E-state index is 13.6. The average Bonchev–Trinajstić information content (AvgIpc) is 3.71. The Hall–Kier alpha value is -4.22. The molecule has 6 rings (SSSR count). The second-order valence-electron chi connectivity index (χ2n) is 9.73. The monoisotopic (exact) mass is 529 g/mol. The van der Waals surface area contributed by atoms with Crippen LogP contribution in [0.3, 0.4) is 0 Å². The number of benzene rings is 1. The molecule has 0 bridgehead atoms. The molecule has 200 valence electrons. The predicted octanol–water partition coefficient (Wildman–Crippen LogP) is 4.06. The number of carbonyl (C=O) groups is 1. The van der Waals surface area contributed by atoms with Crippen molar-refractivity contribution in [2.75, 3.05) is 30.4 Å². The normalized spacial score (nSPS) is 19.0. The summed E-state index contributed by atoms with van der Waals surface area (Å²) in [6.07, 6.45) is 7.16. The maximum absolute atomic E-state index is 13.6. The van der Waals surface area contributed by atoms with Crippen molar-refractivity contribution in [1.29, 1.82) is 0 Å². The molecule has 2 aliphatic rings. The molecule has 3 N–H and O–H groups in total. The van der Waals surface area contributed by atoms with Crippen LogP contribution in [-0.2, 0) is 20.7 Å². The highest BCUT2D eigenvalue weighted by molar-refractivity contribution is 5.92. The number of nitrogens with one attached hydrogen (secondary N) is 3. The Kier molecular flexibility index (Phi) is 7.24. The molecule has 1 saturated carbocycles. The van der Waals surface area contributed by atoms with Gasteiger partial charge in [0.05, 0.1) is 42.6 Å². The molecule has 39 heavy (non-hydrogen) atoms. The Bertz CT molecular complexity index is 1420. The quantitative estimate of drug-likeness (QED) is 0.296. The zero-order valence-corrected chi connectivity index (χ0v) is 21.1. The summed E-state index contributed by atoms with van der Waals surface area (Å²) in [5, 5.41) is 6.15. The van der Waals surface area contributed by atoms with Crippen molar-refractivity contribution in [3.05, 3.63) is 72.7 Å². The summed E-state index contributed by atoms with van der Waals surface area (Å²) in [6.45, 7) is 1.30. The Morgan fingerprint density at radius 2 is 1.77 bits per heavy atom. The first-order valence-electron chi connectivity index (χ1n) is 13.0. The molecule has 1 amide bonds. The van der Waals surface area contributed by atoms with Gasteiger partial charge in [-0.2, -0.15) is 0 Å². The number of nitrogens with zero attached hydrogens (tertiary/aromatic N) is 4. The summed E-state index contributed by atoms with van der Waals surface area (Å²) in [4.78, 5) is 33.7. The van der Waals surface area contributed by atoms with Crippen LogP contribution in [-0.4, -0.2) is 56.9 Å². The van der Waals surface area contributed by atoms with Crippen LogP contribution in [0.2, 0.25) is 0 Å². The molecule has 0 radical (unpaired) electrons. The second kappa shape index (κ2) is 11.3. The molecule has 0 unspecified atom stereocenters. The summed E-state index contributed by atoms with van der Waals surface area (Å²) in [5.41, 5.74) is 3.42. The topological polar surface area (TPSA) is 127 Å². The number of halogens is 1. The predicted molar refractivity (Wildman–Crippen MR) is 142 cm³/mol. The van der Waals surface area contributed by atoms with E-state index in [1.54, 1.807) is 42.9 Å². The van der Waals surface area contributed by atoms with Crippen LogP contribution in [0.1, 0.15) is 18.7 Å². The number of rotatable bonds is 9. The SMILES string of the molecule is O=C(Nc1ccncc1)C1COC(Cc2nc(-c3ccc(F)cc3)c(-c3ccnc(NCC4CC4)n3)[nH]2)OC1. The van der Waals surface area contributed by atoms with E-state index in [-0.39, 0.29) is 24.9 Å². The van der Waals surface area contributed by atoms with Crippen LogP contribution in [0.4, 0.5) is 16.0 Å². The number of imidazole rings is 1. The van der Waals surface area contributed by atoms with Gasteiger partial charge < -0.3 is 25.1 Å². The molecular formula is C28H28FN7O3. The number of aromatic nitrogens is 5. The molecular weight excluding hydrogens is 501 g/mol. The largest absolute Gasteiger partial charge is 0.354 e. The van der Waals surface area contributed by atoms with Crippen molar-refractivity contribution >= 4 is 17.5 Å². The van der Waals surface area contributed by atoms with E-state index in [1.165, 1.54) is 25.0 Å². The Labute approximate surface area is 224 Å². The van der Waals surface area contributed by atoms with Crippen molar-refractivity contribution < 1.29 is 18.7 Å². The molecule has 4 heterocycles. The van der Waals surface area contributed by atoms with Crippen LogP contribution in [0.25, 0.3) is 22.6 Å². The third-order valence-electron chi connectivity index (χ3n) is 6.67. The summed E-state index contributed by atoms with van der Waals surface area (Å²) >= 11 is 0. The van der Waals surface area contributed by atoms with Gasteiger partial charge in [-0.3, -0.25) is 9.78 Å². The van der Waals surface area contributed by atoms with Gasteiger partial charge in [-0.05, 0) is 61.2 Å². The molecule has 0 atom stereocenters. The van der Waals surface area contributed by atoms with Crippen molar-refractivity contribution in [1.82, 2.24) is 24.9 Å². The van der Waals surface area contributed by atoms with E-state index in [4.69, 9.17) is 19.4 Å². The van der Waals surface area contributed by atoms with Crippen LogP contribution in [0.15, 0.2) is 61.1 Å². The number of amides is 1. The number of hydrogen-bond donors (Lipinski definition) is 3. The maximum Gasteiger partial charge on any atom is 0.232 e. The second-order valence-corrected chi connectivity index (χ2v) is 9.73. The number of carbonyl (C=O) groups excluding carboxylic acids is 1. The smallest absolute Gasteiger partial charge is 0.232 e. The van der Waals surface area contributed by atoms with Gasteiger partial charge in [0.25, 0.3) is 0 Å². The minimum atomic E-state index is -0.573. The van der Waals surface area contributed by atoms with Crippen molar-refractivity contribution in [3.63, 3.8) is 0 Å². The van der Waals surface area contributed by atoms with Crippen LogP contribution >= 0.6 is 0 Å². The molecule has 4 aromatic rings. The highest BCUT2D eigenvalue weighted by Gasteiger charge is 2.29. The fourth-order valence-electron chi connectivity index (χ4n) is 4.31. The summed E-state index contributed by atoms with van der Waals surface area (Å²) < 4.78 is 25.4. The van der Waals surface area contributed by atoms with E-state index in [9.17, 15) is 9.18 Å². The zero-order chi connectivity index (χ0) is 26.6. The third-order valence-corrected chi connectivity index (χ3v) is 6.67. The van der Waals surface area contributed by atoms with Gasteiger partial charge in [0.15, 0.2) is 6.29 Å². The van der Waals surface area contributed by atoms with Gasteiger partial charge in [0.1, 0.15) is 11.6 Å². The summed E-state index contributed by atoms with van der Waals surface area (Å²) in [7, 11) is 0. The molecule has 1 aliphatic heterocycles. The van der Waals surface area contributed by atoms with Gasteiger partial charge in [-0.25, -0.2) is 19.3 Å². The summed E-state index contributed by atoms with van der Waals surface area (Å²) in [6, 6.07) is 11.4. The lowest BCUT2D eigenvalue weighted by Gasteiger charge is -2.28. The van der Waals surface area contributed by atoms with Gasteiger partial charge in [-0.15, -0.1) is 0 Å². The van der Waals surface area contributed by atoms with Crippen LogP contribution in [0, 0.1) is 17.7 Å². The van der Waals surface area contributed by atoms with Crippen molar-refractivity contribution in [2.24, 2.45) is 11.8 Å². The van der Waals surface area contributed by atoms with E-state index in [1.807, 2.05) is 6.07 Å². The van der Waals surface area contributed by atoms with E-state index in [0.717, 1.165) is 12.1 Å². The van der Waals surface area contributed by atoms with Crippen molar-refractivity contribution in [2.45, 2.75) is 25.6 Å². The number of anilines is 2. The van der Waals surface area contributed by atoms with Gasteiger partial charge in [0, 0.05) is 36.4 Å². The number of hydrogen-bond acceptors (Lipinski definition) is 8. The first-order valence-corrected chi connectivity index (χ1v) is 13.0. The molecule has 3 aromatic heterocycles. The highest BCUT2D eigenvalue weighted by Crippen LogP contribution is 2.31. The van der Waals surface area contributed by atoms with Crippen LogP contribution in [0.5, 0.6) is 0 Å². The fourth-order valence-corrected chi connectivity index (χ4v) is 4.31. The van der Waals surface area contributed by atoms with Gasteiger partial charge in [0.2, 0.25) is 11.9 Å². The number of pyridine rings is 1. The number of ether oxygens (including phenoxy) is 2. The minimum absolute atomic E-state index is 0.173. The number of H-pyrrole nitrogens is 1. The third kappa shape index (κ3) is 6.27. The molecule has 0 spiro atoms. The Morgan fingerprint density at radius 3 is 2.51 bits per heavy atom. The fraction of sp³-hybridized carbons (Fsp3) is 0.321. The molecule has 10 nitrogen and oxygen atoms in total. The first-order chi connectivity index (χ1) is 19.1. The first kappa shape index (κ1) is 25.1. The van der Waals surface area contributed by atoms with E-state index in [2.05, 4.69) is 25.6 Å². The van der Waals surface area contributed by atoms with E-state index < -0.39 is 12.2 Å². The molecule has 1 saturated heterocycles. The van der Waals surface area contributed by atoms with Gasteiger partial charge in [-0.1, -0.05) is 0 Å². The van der Waals surface area contributed by atoms with Crippen molar-refractivity contribution in [3.8, 4) is 22.6 Å². The lowest BCUT2D eigenvalue weighted by atomic mass is 10.1. The van der Waals surface area contributed by atoms with E-state index in [0.29, 0.717) is 46.9 Å². The highest BCUT2D eigenvalue weighted by atomic mass is 19.1. The average molecular weight is 530 g/mol. The lowest BCUT2D eigenvalue weighted by molar-refractivity contribution is -0.199. The molecule has 2 fully saturated rings. The zero-order valence-electron chi connectivity index (χ0n) is 21.1. The molecule has 1 aromatic carbocycles. The standard InChI is InChI=1S/C28H28FN7O3/c29-20-5-3-18(4-6-20)25-26(22-9-12-31-28(34-22)32-14-17-1-2-17)36-23(35-25)13-24-38-15-19(16-39-24)27(37)33-21-7-10-30-11-8-21/h3-12,17,19,24H,1-2,13-16H2,(H,35,36)(H,30,33,37)(H,31,32,34). The molecule has 11 heteroatoms. The summed E-state index contributed by atoms with van der Waals surface area (Å²) in [5.74, 6) is 0.932. The molecule has 1 aliphatic carbocycles. The minimum Gasteiger partial charge on any atom is -0.354 e.